The van der Waals surface area contributed by atoms with Crippen molar-refractivity contribution in [3.05, 3.63) is 0 Å². The van der Waals surface area contributed by atoms with Crippen LogP contribution in [0.4, 0.5) is 13.2 Å². The second-order valence-electron chi connectivity index (χ2n) is 6.41. The summed E-state index contributed by atoms with van der Waals surface area (Å²) < 4.78 is 36.7. The fraction of sp³-hybridized carbons (Fsp3) is 0.923. The van der Waals surface area contributed by atoms with Crippen LogP contribution in [0.5, 0.6) is 0 Å². The number of carbonyl (C=O) groups excluding carboxylic acids is 1. The molecule has 118 valence electrons. The number of nitrogens with zero attached hydrogens (tertiary/aromatic N) is 1. The Balaban J connectivity index is 2.19. The summed E-state index contributed by atoms with van der Waals surface area (Å²) in [5.74, 6) is -0.00914. The molecule has 1 atom stereocenters. The highest BCUT2D eigenvalue weighted by Crippen LogP contribution is 2.22. The van der Waals surface area contributed by atoms with Gasteiger partial charge in [0.2, 0.25) is 5.91 Å². The van der Waals surface area contributed by atoms with E-state index in [0.29, 0.717) is 26.1 Å². The first-order chi connectivity index (χ1) is 9.05. The third kappa shape index (κ3) is 7.69. The zero-order valence-corrected chi connectivity index (χ0v) is 12.3. The van der Waals surface area contributed by atoms with Gasteiger partial charge in [0.1, 0.15) is 0 Å². The maximum Gasteiger partial charge on any atom is 0.401 e. The first-order valence-corrected chi connectivity index (χ1v) is 6.86. The maximum absolute atomic E-state index is 12.2. The van der Waals surface area contributed by atoms with Crippen molar-refractivity contribution >= 4 is 5.91 Å². The number of likely N-dealkylation sites (tertiary alicyclic amines) is 1. The third-order valence-corrected chi connectivity index (χ3v) is 3.14. The molecule has 2 N–H and O–H groups in total. The highest BCUT2D eigenvalue weighted by molar-refractivity contribution is 5.78. The zero-order valence-electron chi connectivity index (χ0n) is 12.3. The lowest BCUT2D eigenvalue weighted by Crippen LogP contribution is -2.44. The monoisotopic (exact) mass is 295 g/mol. The highest BCUT2D eigenvalue weighted by atomic mass is 19.4. The topological polar surface area (TPSA) is 44.4 Å². The predicted molar refractivity (Wildman–Crippen MR) is 71.4 cm³/mol. The molecule has 0 radical (unpaired) electrons. The molecular weight excluding hydrogens is 271 g/mol. The standard InChI is InChI=1S/C13H24F3N3O/c1-12(2,3)18-7-11(20)17-6-10-4-5-19(8-10)9-13(14,15)16/h10,18H,4-9H2,1-3H3,(H,17,20). The number of rotatable bonds is 5. The smallest absolute Gasteiger partial charge is 0.355 e. The summed E-state index contributed by atoms with van der Waals surface area (Å²) in [5.41, 5.74) is -0.131. The van der Waals surface area contributed by atoms with Crippen molar-refractivity contribution < 1.29 is 18.0 Å². The Morgan fingerprint density at radius 3 is 2.50 bits per heavy atom. The molecule has 0 aliphatic carbocycles. The summed E-state index contributed by atoms with van der Waals surface area (Å²) in [6.45, 7) is 6.54. The third-order valence-electron chi connectivity index (χ3n) is 3.14. The molecule has 20 heavy (non-hydrogen) atoms. The Hall–Kier alpha value is -0.820. The quantitative estimate of drug-likeness (QED) is 0.805. The molecular formula is C13H24F3N3O. The number of carbonyl (C=O) groups is 1. The molecule has 1 fully saturated rings. The molecule has 7 heteroatoms. The van der Waals surface area contributed by atoms with E-state index in [0.717, 1.165) is 0 Å². The zero-order chi connectivity index (χ0) is 15.4. The van der Waals surface area contributed by atoms with E-state index in [1.54, 1.807) is 0 Å². The lowest BCUT2D eigenvalue weighted by Gasteiger charge is -2.20. The molecule has 1 aliphatic heterocycles. The SMILES string of the molecule is CC(C)(C)NCC(=O)NCC1CCN(CC(F)(F)F)C1. The van der Waals surface area contributed by atoms with Gasteiger partial charge in [-0.3, -0.25) is 9.69 Å². The van der Waals surface area contributed by atoms with Crippen molar-refractivity contribution in [2.24, 2.45) is 5.92 Å². The van der Waals surface area contributed by atoms with Crippen molar-refractivity contribution in [3.63, 3.8) is 0 Å². The van der Waals surface area contributed by atoms with Crippen LogP contribution < -0.4 is 10.6 Å². The van der Waals surface area contributed by atoms with Gasteiger partial charge in [0, 0.05) is 18.6 Å². The summed E-state index contributed by atoms with van der Waals surface area (Å²) in [7, 11) is 0. The number of halogens is 3. The van der Waals surface area contributed by atoms with Crippen molar-refractivity contribution in [1.82, 2.24) is 15.5 Å². The molecule has 0 spiro atoms. The minimum Gasteiger partial charge on any atom is -0.355 e. The van der Waals surface area contributed by atoms with Crippen molar-refractivity contribution in [2.45, 2.75) is 38.9 Å². The normalized spacial score (nSPS) is 21.2. The first-order valence-electron chi connectivity index (χ1n) is 6.86. The van der Waals surface area contributed by atoms with Gasteiger partial charge in [-0.1, -0.05) is 0 Å². The van der Waals surface area contributed by atoms with E-state index < -0.39 is 12.7 Å². The Morgan fingerprint density at radius 2 is 1.95 bits per heavy atom. The van der Waals surface area contributed by atoms with E-state index in [1.165, 1.54) is 4.90 Å². The van der Waals surface area contributed by atoms with E-state index in [4.69, 9.17) is 0 Å². The van der Waals surface area contributed by atoms with Crippen LogP contribution in [-0.4, -0.2) is 55.2 Å². The maximum atomic E-state index is 12.2. The minimum absolute atomic E-state index is 0.107. The summed E-state index contributed by atoms with van der Waals surface area (Å²) >= 11 is 0. The van der Waals surface area contributed by atoms with Gasteiger partial charge in [-0.2, -0.15) is 13.2 Å². The van der Waals surface area contributed by atoms with Crippen LogP contribution in [0.25, 0.3) is 0 Å². The van der Waals surface area contributed by atoms with E-state index in [2.05, 4.69) is 10.6 Å². The van der Waals surface area contributed by atoms with Crippen LogP contribution in [0.1, 0.15) is 27.2 Å². The predicted octanol–water partition coefficient (Wildman–Crippen LogP) is 1.37. The van der Waals surface area contributed by atoms with Crippen molar-refractivity contribution in [2.75, 3.05) is 32.7 Å². The second kappa shape index (κ2) is 6.76. The fourth-order valence-corrected chi connectivity index (χ4v) is 2.14. The number of amides is 1. The Kier molecular flexibility index (Phi) is 5.82. The van der Waals surface area contributed by atoms with Gasteiger partial charge in [-0.15, -0.1) is 0 Å². The van der Waals surface area contributed by atoms with E-state index in [1.807, 2.05) is 20.8 Å². The summed E-state index contributed by atoms with van der Waals surface area (Å²) in [6.07, 6.45) is -3.45. The summed E-state index contributed by atoms with van der Waals surface area (Å²) in [5, 5.41) is 5.84. The minimum atomic E-state index is -4.14. The average Bonchev–Trinajstić information content (AvgIpc) is 2.67. The van der Waals surface area contributed by atoms with Gasteiger partial charge in [-0.05, 0) is 39.7 Å². The first kappa shape index (κ1) is 17.2. The van der Waals surface area contributed by atoms with E-state index in [-0.39, 0.29) is 23.9 Å². The molecule has 0 aromatic rings. The Labute approximate surface area is 118 Å². The van der Waals surface area contributed by atoms with Gasteiger partial charge in [0.15, 0.2) is 0 Å². The molecule has 0 saturated carbocycles. The molecule has 1 aliphatic rings. The van der Waals surface area contributed by atoms with Crippen LogP contribution >= 0.6 is 0 Å². The lowest BCUT2D eigenvalue weighted by molar-refractivity contribution is -0.143. The largest absolute Gasteiger partial charge is 0.401 e. The molecule has 1 unspecified atom stereocenters. The van der Waals surface area contributed by atoms with Gasteiger partial charge in [-0.25, -0.2) is 0 Å². The summed E-state index contributed by atoms with van der Waals surface area (Å²) in [6, 6.07) is 0. The van der Waals surface area contributed by atoms with Crippen LogP contribution in [-0.2, 0) is 4.79 Å². The van der Waals surface area contributed by atoms with Gasteiger partial charge < -0.3 is 10.6 Å². The lowest BCUT2D eigenvalue weighted by atomic mass is 10.1. The Morgan fingerprint density at radius 1 is 1.30 bits per heavy atom. The van der Waals surface area contributed by atoms with Crippen molar-refractivity contribution in [1.29, 1.82) is 0 Å². The molecule has 1 amide bonds. The molecule has 1 saturated heterocycles. The summed E-state index contributed by atoms with van der Waals surface area (Å²) in [4.78, 5) is 13.0. The number of nitrogens with one attached hydrogen (secondary N) is 2. The molecule has 0 aromatic heterocycles. The highest BCUT2D eigenvalue weighted by Gasteiger charge is 2.34. The average molecular weight is 295 g/mol. The van der Waals surface area contributed by atoms with Crippen molar-refractivity contribution in [3.8, 4) is 0 Å². The number of hydrogen-bond acceptors (Lipinski definition) is 3. The number of alkyl halides is 3. The fourth-order valence-electron chi connectivity index (χ4n) is 2.14. The molecule has 1 rings (SSSR count). The van der Waals surface area contributed by atoms with Crippen LogP contribution in [0.2, 0.25) is 0 Å². The van der Waals surface area contributed by atoms with E-state index >= 15 is 0 Å². The molecule has 0 bridgehead atoms. The van der Waals surface area contributed by atoms with E-state index in [9.17, 15) is 18.0 Å². The van der Waals surface area contributed by atoms with Crippen LogP contribution in [0.15, 0.2) is 0 Å². The number of hydrogen-bond donors (Lipinski definition) is 2. The Bertz CT molecular complexity index is 326. The van der Waals surface area contributed by atoms with Crippen LogP contribution in [0, 0.1) is 5.92 Å². The van der Waals surface area contributed by atoms with Gasteiger partial charge in [0.05, 0.1) is 13.1 Å². The molecule has 4 nitrogen and oxygen atoms in total. The van der Waals surface area contributed by atoms with Crippen LogP contribution in [0.3, 0.4) is 0 Å². The van der Waals surface area contributed by atoms with Gasteiger partial charge >= 0.3 is 6.18 Å². The molecule has 0 aromatic carbocycles. The second-order valence-corrected chi connectivity index (χ2v) is 6.41. The molecule has 1 heterocycles. The van der Waals surface area contributed by atoms with Gasteiger partial charge in [0.25, 0.3) is 0 Å².